The van der Waals surface area contributed by atoms with E-state index >= 15 is 0 Å². The zero-order valence-corrected chi connectivity index (χ0v) is 21.3. The number of hydrogen-bond acceptors (Lipinski definition) is 5. The number of piperidine rings is 1. The number of alkyl halides is 3. The van der Waals surface area contributed by atoms with Crippen LogP contribution in [0.25, 0.3) is 0 Å². The van der Waals surface area contributed by atoms with E-state index in [4.69, 9.17) is 4.74 Å². The topological polar surface area (TPSA) is 48.1 Å². The second-order valence-electron chi connectivity index (χ2n) is 10.3. The van der Waals surface area contributed by atoms with Gasteiger partial charge in [-0.25, -0.2) is 0 Å². The van der Waals surface area contributed by atoms with Crippen molar-refractivity contribution in [1.82, 2.24) is 10.2 Å². The number of nitrogens with one attached hydrogen (secondary N) is 1. The fraction of sp³-hybridized carbons (Fsp3) is 0.536. The lowest BCUT2D eigenvalue weighted by Crippen LogP contribution is -2.61. The van der Waals surface area contributed by atoms with Gasteiger partial charge in [0, 0.05) is 50.2 Å². The number of nitrogens with zero attached hydrogens (tertiary/aromatic N) is 3. The third-order valence-corrected chi connectivity index (χ3v) is 7.97. The summed E-state index contributed by atoms with van der Waals surface area (Å²) in [7, 11) is 1.63. The average Bonchev–Trinajstić information content (AvgIpc) is 2.92. The van der Waals surface area contributed by atoms with E-state index in [1.54, 1.807) is 13.2 Å². The number of likely N-dealkylation sites (tertiary alicyclic amines) is 1. The monoisotopic (exact) mass is 516 g/mol. The van der Waals surface area contributed by atoms with Crippen LogP contribution < -0.4 is 19.9 Å². The Hall–Kier alpha value is -2.94. The van der Waals surface area contributed by atoms with Crippen LogP contribution >= 0.6 is 0 Å². The van der Waals surface area contributed by atoms with E-state index in [1.165, 1.54) is 25.3 Å². The maximum atomic E-state index is 13.5. The number of carbonyl (C=O) groups excluding carboxylic acids is 1. The number of halogens is 3. The number of hydrogen-bond donors (Lipinski definition) is 1. The summed E-state index contributed by atoms with van der Waals surface area (Å²) in [4.78, 5) is 20.3. The van der Waals surface area contributed by atoms with E-state index in [-0.39, 0.29) is 11.9 Å². The number of benzene rings is 2. The minimum Gasteiger partial charge on any atom is -0.497 e. The Balaban J connectivity index is 1.37. The van der Waals surface area contributed by atoms with E-state index in [1.807, 2.05) is 24.3 Å². The summed E-state index contributed by atoms with van der Waals surface area (Å²) in [6.45, 7) is 5.40. The molecule has 1 N–H and O–H groups in total. The van der Waals surface area contributed by atoms with Crippen molar-refractivity contribution in [2.45, 2.75) is 37.9 Å². The number of piperazine rings is 1. The Morgan fingerprint density at radius 3 is 2.62 bits per heavy atom. The number of ether oxygens (including phenoxy) is 1. The number of fused-ring (bicyclic) bond motifs is 3. The van der Waals surface area contributed by atoms with Crippen molar-refractivity contribution >= 4 is 17.3 Å². The standard InChI is InChI=1S/C28H35F3N4O2/c1-37-23-7-5-6-22(18-23)34-14-15-35-25-9-8-21(28(29,30)31)16-20(25)17-24(26(35)19-34)27(36)32-10-13-33-11-3-2-4-12-33/h5-9,16,18,24,26H,2-4,10-15,17,19H2,1H3,(H,32,36)/t24-,26+/m0/s1. The van der Waals surface area contributed by atoms with Gasteiger partial charge in [0.2, 0.25) is 5.91 Å². The largest absolute Gasteiger partial charge is 0.497 e. The molecular formula is C28H35F3N4O2. The number of methoxy groups -OCH3 is 1. The van der Waals surface area contributed by atoms with Crippen molar-refractivity contribution in [2.75, 3.05) is 62.7 Å². The summed E-state index contributed by atoms with van der Waals surface area (Å²) < 4.78 is 45.8. The Morgan fingerprint density at radius 1 is 1.05 bits per heavy atom. The summed E-state index contributed by atoms with van der Waals surface area (Å²) in [5.41, 5.74) is 1.75. The molecule has 0 saturated carbocycles. The highest BCUT2D eigenvalue weighted by Crippen LogP contribution is 2.40. The molecule has 5 rings (SSSR count). The summed E-state index contributed by atoms with van der Waals surface area (Å²) in [5, 5.41) is 3.11. The van der Waals surface area contributed by atoms with Gasteiger partial charge >= 0.3 is 6.18 Å². The SMILES string of the molecule is COc1cccc(N2CCN3c4ccc(C(F)(F)F)cc4C[C@H](C(=O)NCCN4CCCCC4)[C@H]3C2)c1. The maximum absolute atomic E-state index is 13.5. The first-order chi connectivity index (χ1) is 17.8. The lowest BCUT2D eigenvalue weighted by Gasteiger charge is -2.49. The van der Waals surface area contributed by atoms with E-state index in [0.29, 0.717) is 38.2 Å². The molecule has 2 saturated heterocycles. The predicted molar refractivity (Wildman–Crippen MR) is 138 cm³/mol. The van der Waals surface area contributed by atoms with Crippen LogP contribution in [0.2, 0.25) is 0 Å². The third-order valence-electron chi connectivity index (χ3n) is 7.97. The van der Waals surface area contributed by atoms with Gasteiger partial charge in [-0.1, -0.05) is 12.5 Å². The first-order valence-electron chi connectivity index (χ1n) is 13.2. The minimum atomic E-state index is -4.41. The lowest BCUT2D eigenvalue weighted by atomic mass is 9.82. The van der Waals surface area contributed by atoms with Crippen LogP contribution in [0.5, 0.6) is 5.75 Å². The molecule has 1 amide bonds. The second-order valence-corrected chi connectivity index (χ2v) is 10.3. The maximum Gasteiger partial charge on any atom is 0.416 e. The molecule has 3 heterocycles. The van der Waals surface area contributed by atoms with Crippen molar-refractivity contribution < 1.29 is 22.7 Å². The van der Waals surface area contributed by atoms with Crippen LogP contribution in [0.15, 0.2) is 42.5 Å². The molecule has 0 unspecified atom stereocenters. The molecule has 3 aliphatic rings. The van der Waals surface area contributed by atoms with Crippen LogP contribution in [0.3, 0.4) is 0 Å². The zero-order valence-electron chi connectivity index (χ0n) is 21.3. The second kappa shape index (κ2) is 10.8. The highest BCUT2D eigenvalue weighted by Gasteiger charge is 2.42. The molecule has 0 radical (unpaired) electrons. The minimum absolute atomic E-state index is 0.0810. The van der Waals surface area contributed by atoms with Gasteiger partial charge in [0.15, 0.2) is 0 Å². The third kappa shape index (κ3) is 5.66. The Bertz CT molecular complexity index is 1100. The fourth-order valence-corrected chi connectivity index (χ4v) is 5.99. The fourth-order valence-electron chi connectivity index (χ4n) is 5.99. The van der Waals surface area contributed by atoms with Crippen LogP contribution in [-0.2, 0) is 17.4 Å². The molecule has 200 valence electrons. The van der Waals surface area contributed by atoms with Crippen LogP contribution in [0, 0.1) is 5.92 Å². The molecule has 6 nitrogen and oxygen atoms in total. The summed E-state index contributed by atoms with van der Waals surface area (Å²) in [6, 6.07) is 11.7. The quantitative estimate of drug-likeness (QED) is 0.624. The molecule has 0 bridgehead atoms. The van der Waals surface area contributed by atoms with E-state index < -0.39 is 17.7 Å². The molecule has 3 aliphatic heterocycles. The molecule has 2 aromatic carbocycles. The normalized spacial score (nSPS) is 22.3. The molecule has 0 aliphatic carbocycles. The highest BCUT2D eigenvalue weighted by molar-refractivity contribution is 5.82. The number of carbonyl (C=O) groups is 1. The molecule has 2 atom stereocenters. The molecular weight excluding hydrogens is 481 g/mol. The van der Waals surface area contributed by atoms with Crippen molar-refractivity contribution in [3.8, 4) is 5.75 Å². The van der Waals surface area contributed by atoms with Gasteiger partial charge in [-0.3, -0.25) is 4.79 Å². The van der Waals surface area contributed by atoms with Gasteiger partial charge in [0.1, 0.15) is 5.75 Å². The number of rotatable bonds is 6. The van der Waals surface area contributed by atoms with Gasteiger partial charge in [0.25, 0.3) is 0 Å². The Labute approximate surface area is 216 Å². The van der Waals surface area contributed by atoms with Crippen LogP contribution in [0.1, 0.15) is 30.4 Å². The molecule has 2 aromatic rings. The lowest BCUT2D eigenvalue weighted by molar-refractivity contribution is -0.137. The summed E-state index contributed by atoms with van der Waals surface area (Å²) in [6.07, 6.45) is -0.491. The Morgan fingerprint density at radius 2 is 1.86 bits per heavy atom. The van der Waals surface area contributed by atoms with E-state index in [2.05, 4.69) is 20.0 Å². The van der Waals surface area contributed by atoms with Crippen molar-refractivity contribution in [2.24, 2.45) is 5.92 Å². The smallest absolute Gasteiger partial charge is 0.416 e. The first-order valence-corrected chi connectivity index (χ1v) is 13.2. The number of amides is 1. The van der Waals surface area contributed by atoms with Crippen molar-refractivity contribution in [3.63, 3.8) is 0 Å². The predicted octanol–water partition coefficient (Wildman–Crippen LogP) is 4.18. The average molecular weight is 517 g/mol. The number of anilines is 2. The summed E-state index contributed by atoms with van der Waals surface area (Å²) >= 11 is 0. The van der Waals surface area contributed by atoms with Crippen LogP contribution in [0.4, 0.5) is 24.5 Å². The summed E-state index contributed by atoms with van der Waals surface area (Å²) in [5.74, 6) is 0.244. The van der Waals surface area contributed by atoms with Gasteiger partial charge in [-0.05, 0) is 68.2 Å². The first kappa shape index (κ1) is 25.7. The molecule has 0 aromatic heterocycles. The highest BCUT2D eigenvalue weighted by atomic mass is 19.4. The molecule has 0 spiro atoms. The van der Waals surface area contributed by atoms with Crippen LogP contribution in [-0.4, -0.2) is 69.8 Å². The van der Waals surface area contributed by atoms with E-state index in [0.717, 1.165) is 42.8 Å². The molecule has 37 heavy (non-hydrogen) atoms. The van der Waals surface area contributed by atoms with Crippen molar-refractivity contribution in [3.05, 3.63) is 53.6 Å². The van der Waals surface area contributed by atoms with Gasteiger partial charge in [-0.15, -0.1) is 0 Å². The molecule has 2 fully saturated rings. The van der Waals surface area contributed by atoms with Crippen molar-refractivity contribution in [1.29, 1.82) is 0 Å². The van der Waals surface area contributed by atoms with Gasteiger partial charge in [-0.2, -0.15) is 13.2 Å². The zero-order chi connectivity index (χ0) is 26.0. The van der Waals surface area contributed by atoms with Gasteiger partial charge < -0.3 is 24.8 Å². The van der Waals surface area contributed by atoms with E-state index in [9.17, 15) is 18.0 Å². The van der Waals surface area contributed by atoms with Gasteiger partial charge in [0.05, 0.1) is 24.6 Å². The molecule has 9 heteroatoms. The Kier molecular flexibility index (Phi) is 7.51.